The number of nitrogens with one attached hydrogen (secondary N) is 2. The molecular weight excluding hydrogens is 488 g/mol. The zero-order valence-electron chi connectivity index (χ0n) is 26.4. The lowest BCUT2D eigenvalue weighted by atomic mass is 9.33. The molecule has 216 valence electrons. The molecule has 3 nitrogen and oxygen atoms in total. The number of carbonyl (C=O) groups excluding carboxylic acids is 1. The molecule has 0 aliphatic heterocycles. The van der Waals surface area contributed by atoms with Crippen LogP contribution in [-0.2, 0) is 16.6 Å². The third-order valence-electron chi connectivity index (χ3n) is 14.5. The molecule has 0 radical (unpaired) electrons. The maximum Gasteiger partial charge on any atom is 0.226 e. The molecule has 3 fully saturated rings. The fraction of sp³-hybridized carbons (Fsp3) is 0.703. The Bertz CT molecular complexity index is 1430. The topological polar surface area (TPSA) is 44.9 Å². The van der Waals surface area contributed by atoms with Gasteiger partial charge in [0.05, 0.1) is 5.41 Å². The van der Waals surface area contributed by atoms with Crippen LogP contribution in [0.1, 0.15) is 111 Å². The van der Waals surface area contributed by atoms with Gasteiger partial charge in [0.25, 0.3) is 0 Å². The molecule has 0 saturated heterocycles. The largest absolute Gasteiger partial charge is 0.359 e. The van der Waals surface area contributed by atoms with Crippen molar-refractivity contribution in [2.24, 2.45) is 44.8 Å². The van der Waals surface area contributed by atoms with Crippen LogP contribution in [0.4, 0.5) is 0 Å². The van der Waals surface area contributed by atoms with Crippen molar-refractivity contribution in [3.8, 4) is 0 Å². The van der Waals surface area contributed by atoms with E-state index in [1.165, 1.54) is 42.3 Å². The molecule has 0 unspecified atom stereocenters. The second-order valence-electron chi connectivity index (χ2n) is 16.9. The van der Waals surface area contributed by atoms with E-state index < -0.39 is 0 Å². The van der Waals surface area contributed by atoms with Gasteiger partial charge >= 0.3 is 0 Å². The van der Waals surface area contributed by atoms with Crippen LogP contribution in [0.5, 0.6) is 0 Å². The molecule has 2 aromatic rings. The quantitative estimate of drug-likeness (QED) is 0.349. The first-order chi connectivity index (χ1) is 18.7. The molecular formula is C37H52N2O. The van der Waals surface area contributed by atoms with E-state index in [0.717, 1.165) is 32.1 Å². The summed E-state index contributed by atoms with van der Waals surface area (Å²) in [5.74, 6) is 2.00. The number of para-hydroxylation sites is 1. The second kappa shape index (κ2) is 8.07. The summed E-state index contributed by atoms with van der Waals surface area (Å²) in [7, 11) is 1.86. The average Bonchev–Trinajstić information content (AvgIpc) is 3.27. The van der Waals surface area contributed by atoms with Crippen molar-refractivity contribution in [1.82, 2.24) is 10.3 Å². The molecule has 3 heteroatoms. The van der Waals surface area contributed by atoms with Gasteiger partial charge in [-0.1, -0.05) is 78.3 Å². The summed E-state index contributed by atoms with van der Waals surface area (Å²) in [6.45, 7) is 17.9. The minimum absolute atomic E-state index is 0.127. The van der Waals surface area contributed by atoms with Crippen molar-refractivity contribution in [2.75, 3.05) is 7.05 Å². The van der Waals surface area contributed by atoms with Crippen LogP contribution in [0.3, 0.4) is 0 Å². The van der Waals surface area contributed by atoms with Crippen LogP contribution >= 0.6 is 0 Å². The fourth-order valence-electron chi connectivity index (χ4n) is 12.2. The van der Waals surface area contributed by atoms with Gasteiger partial charge in [-0.3, -0.25) is 4.79 Å². The highest BCUT2D eigenvalue weighted by molar-refractivity contribution is 5.86. The zero-order chi connectivity index (χ0) is 28.5. The van der Waals surface area contributed by atoms with Crippen molar-refractivity contribution >= 4 is 16.8 Å². The van der Waals surface area contributed by atoms with Crippen LogP contribution in [-0.4, -0.2) is 17.9 Å². The number of allylic oxidation sites excluding steroid dienone is 2. The molecule has 7 rings (SSSR count). The molecule has 1 aromatic carbocycles. The van der Waals surface area contributed by atoms with Gasteiger partial charge in [-0.2, -0.15) is 0 Å². The summed E-state index contributed by atoms with van der Waals surface area (Å²) >= 11 is 0. The van der Waals surface area contributed by atoms with E-state index in [1.807, 2.05) is 7.05 Å². The van der Waals surface area contributed by atoms with Crippen molar-refractivity contribution in [3.05, 3.63) is 47.2 Å². The average molecular weight is 541 g/mol. The number of hydrogen-bond acceptors (Lipinski definition) is 1. The Balaban J connectivity index is 1.36. The monoisotopic (exact) mass is 540 g/mol. The number of benzene rings is 1. The SMILES string of the molecule is CNC(=O)[C@]12CCC(C)(C)C[C@H]1C1=CC[C@@H]3[C@@]4(C)Cc5c([nH]c6ccccc56)C(C)(C)[C@@H]4CC[C@@]3(C)[C@]1(C)CC2. The highest BCUT2D eigenvalue weighted by Gasteiger charge is 2.69. The Morgan fingerprint density at radius 2 is 1.65 bits per heavy atom. The Hall–Kier alpha value is -2.03. The lowest BCUT2D eigenvalue weighted by Crippen LogP contribution is -2.65. The van der Waals surface area contributed by atoms with Gasteiger partial charge in [-0.25, -0.2) is 0 Å². The zero-order valence-corrected chi connectivity index (χ0v) is 26.4. The summed E-state index contributed by atoms with van der Waals surface area (Å²) in [5.41, 5.74) is 6.91. The number of fused-ring (bicyclic) bond motifs is 10. The first-order valence-electron chi connectivity index (χ1n) is 16.3. The molecule has 0 spiro atoms. The maximum absolute atomic E-state index is 13.6. The Morgan fingerprint density at radius 1 is 0.925 bits per heavy atom. The van der Waals surface area contributed by atoms with E-state index in [4.69, 9.17) is 0 Å². The highest BCUT2D eigenvalue weighted by atomic mass is 16.2. The van der Waals surface area contributed by atoms with Crippen LogP contribution in [0.15, 0.2) is 35.9 Å². The van der Waals surface area contributed by atoms with E-state index >= 15 is 0 Å². The number of hydrogen-bond donors (Lipinski definition) is 2. The van der Waals surface area contributed by atoms with Crippen LogP contribution in [0, 0.1) is 44.8 Å². The third-order valence-corrected chi connectivity index (χ3v) is 14.5. The van der Waals surface area contributed by atoms with Gasteiger partial charge in [0.15, 0.2) is 0 Å². The smallest absolute Gasteiger partial charge is 0.226 e. The fourth-order valence-corrected chi connectivity index (χ4v) is 12.2. The molecule has 1 heterocycles. The van der Waals surface area contributed by atoms with E-state index in [1.54, 1.807) is 11.1 Å². The van der Waals surface area contributed by atoms with Gasteiger partial charge in [0.2, 0.25) is 5.91 Å². The minimum atomic E-state index is -0.217. The number of H-pyrrole nitrogens is 1. The summed E-state index contributed by atoms with van der Waals surface area (Å²) < 4.78 is 0. The third kappa shape index (κ3) is 3.11. The molecule has 40 heavy (non-hydrogen) atoms. The molecule has 0 bridgehead atoms. The van der Waals surface area contributed by atoms with Gasteiger partial charge in [-0.15, -0.1) is 0 Å². The second-order valence-corrected chi connectivity index (χ2v) is 16.9. The highest BCUT2D eigenvalue weighted by Crippen LogP contribution is 2.75. The molecule has 5 aliphatic rings. The van der Waals surface area contributed by atoms with E-state index in [9.17, 15) is 4.79 Å². The molecule has 1 amide bonds. The summed E-state index contributed by atoms with van der Waals surface area (Å²) in [6, 6.07) is 9.00. The number of aromatic amines is 1. The Morgan fingerprint density at radius 3 is 2.40 bits per heavy atom. The van der Waals surface area contributed by atoms with E-state index in [0.29, 0.717) is 29.1 Å². The van der Waals surface area contributed by atoms with Gasteiger partial charge < -0.3 is 10.3 Å². The lowest BCUT2D eigenvalue weighted by Gasteiger charge is -2.70. The molecule has 2 N–H and O–H groups in total. The number of carbonyl (C=O) groups is 1. The van der Waals surface area contributed by atoms with Gasteiger partial charge in [0, 0.05) is 29.1 Å². The summed E-state index contributed by atoms with van der Waals surface area (Å²) in [6.07, 6.45) is 13.2. The number of aromatic nitrogens is 1. The van der Waals surface area contributed by atoms with Gasteiger partial charge in [0.1, 0.15) is 0 Å². The lowest BCUT2D eigenvalue weighted by molar-refractivity contribution is -0.167. The minimum Gasteiger partial charge on any atom is -0.359 e. The normalized spacial score (nSPS) is 42.9. The standard InChI is InChI=1S/C37H52N2O/c1-32(2)17-19-37(31(40)38-8)20-18-35(6)25(26(37)22-32)13-14-29-34(5)21-24-23-11-9-10-12-27(23)39-30(24)33(3,4)28(34)15-16-36(29,35)7/h9-13,26,28-29,39H,14-22H2,1-8H3,(H,38,40)/t26-,28-,29+,34-,35+,36+,37-/m0/s1. The van der Waals surface area contributed by atoms with Crippen LogP contribution in [0.2, 0.25) is 0 Å². The van der Waals surface area contributed by atoms with Gasteiger partial charge in [-0.05, 0) is 109 Å². The maximum atomic E-state index is 13.6. The summed E-state index contributed by atoms with van der Waals surface area (Å²) in [4.78, 5) is 17.5. The summed E-state index contributed by atoms with van der Waals surface area (Å²) in [5, 5.41) is 4.57. The Labute approximate surface area is 242 Å². The van der Waals surface area contributed by atoms with Crippen molar-refractivity contribution in [2.45, 2.75) is 112 Å². The molecule has 5 aliphatic carbocycles. The van der Waals surface area contributed by atoms with Crippen LogP contribution < -0.4 is 5.32 Å². The predicted molar refractivity (Wildman–Crippen MR) is 165 cm³/mol. The number of rotatable bonds is 1. The Kier molecular flexibility index (Phi) is 5.42. The van der Waals surface area contributed by atoms with E-state index in [-0.39, 0.29) is 27.1 Å². The first-order valence-corrected chi connectivity index (χ1v) is 16.3. The number of amides is 1. The molecule has 3 saturated carbocycles. The van der Waals surface area contributed by atoms with E-state index in [2.05, 4.69) is 89.1 Å². The van der Waals surface area contributed by atoms with Crippen molar-refractivity contribution in [3.63, 3.8) is 0 Å². The first kappa shape index (κ1) is 26.8. The van der Waals surface area contributed by atoms with Crippen molar-refractivity contribution in [1.29, 1.82) is 0 Å². The van der Waals surface area contributed by atoms with Crippen molar-refractivity contribution < 1.29 is 4.79 Å². The molecule has 1 aromatic heterocycles. The molecule has 7 atom stereocenters. The predicted octanol–water partition coefficient (Wildman–Crippen LogP) is 8.73. The van der Waals surface area contributed by atoms with Crippen LogP contribution in [0.25, 0.3) is 10.9 Å².